The predicted molar refractivity (Wildman–Crippen MR) is 96.4 cm³/mol. The Kier molecular flexibility index (Phi) is 5.21. The maximum atomic E-state index is 12.4. The van der Waals surface area contributed by atoms with Gasteiger partial charge in [0.25, 0.3) is 5.91 Å². The van der Waals surface area contributed by atoms with Crippen molar-refractivity contribution in [2.24, 2.45) is 5.92 Å². The molecule has 3 rings (SSSR count). The van der Waals surface area contributed by atoms with Crippen molar-refractivity contribution in [3.63, 3.8) is 0 Å². The number of carbonyl (C=O) groups excluding carboxylic acids is 1. The number of amides is 1. The lowest BCUT2D eigenvalue weighted by molar-refractivity contribution is -0.0295. The molecular formula is C19H27N3O2. The Morgan fingerprint density at radius 1 is 1.42 bits per heavy atom. The fourth-order valence-electron chi connectivity index (χ4n) is 3.25. The van der Waals surface area contributed by atoms with Crippen molar-refractivity contribution in [2.45, 2.75) is 26.9 Å². The van der Waals surface area contributed by atoms with Gasteiger partial charge in [-0.15, -0.1) is 0 Å². The quantitative estimate of drug-likeness (QED) is 0.886. The molecule has 130 valence electrons. The Bertz CT molecular complexity index is 708. The number of fused-ring (bicyclic) bond motifs is 1. The molecule has 24 heavy (non-hydrogen) atoms. The van der Waals surface area contributed by atoms with E-state index in [-0.39, 0.29) is 12.0 Å². The molecule has 5 heteroatoms. The molecule has 2 N–H and O–H groups in total. The van der Waals surface area contributed by atoms with Crippen LogP contribution in [0.5, 0.6) is 0 Å². The summed E-state index contributed by atoms with van der Waals surface area (Å²) in [5.41, 5.74) is 2.78. The van der Waals surface area contributed by atoms with Crippen LogP contribution >= 0.6 is 0 Å². The fourth-order valence-corrected chi connectivity index (χ4v) is 3.25. The van der Waals surface area contributed by atoms with Crippen LogP contribution in [-0.2, 0) is 4.74 Å². The summed E-state index contributed by atoms with van der Waals surface area (Å²) in [6.45, 7) is 10.7. The van der Waals surface area contributed by atoms with Gasteiger partial charge >= 0.3 is 0 Å². The fraction of sp³-hybridized carbons (Fsp3) is 0.526. The highest BCUT2D eigenvalue weighted by molar-refractivity contribution is 5.98. The number of hydrogen-bond donors (Lipinski definition) is 2. The summed E-state index contributed by atoms with van der Waals surface area (Å²) in [7, 11) is 0. The van der Waals surface area contributed by atoms with E-state index in [0.717, 1.165) is 37.1 Å². The molecule has 1 unspecified atom stereocenters. The van der Waals surface area contributed by atoms with Gasteiger partial charge in [0.15, 0.2) is 0 Å². The molecular weight excluding hydrogens is 302 g/mol. The molecule has 1 aliphatic rings. The number of carbonyl (C=O) groups is 1. The van der Waals surface area contributed by atoms with Gasteiger partial charge in [-0.3, -0.25) is 9.69 Å². The molecule has 0 aliphatic carbocycles. The molecule has 1 amide bonds. The van der Waals surface area contributed by atoms with Gasteiger partial charge in [-0.1, -0.05) is 26.0 Å². The minimum Gasteiger partial charge on any atom is -0.374 e. The van der Waals surface area contributed by atoms with Crippen LogP contribution in [0.15, 0.2) is 24.3 Å². The molecule has 1 saturated heterocycles. The second-order valence-corrected chi connectivity index (χ2v) is 7.13. The summed E-state index contributed by atoms with van der Waals surface area (Å²) in [4.78, 5) is 18.0. The normalized spacial score (nSPS) is 19.1. The van der Waals surface area contributed by atoms with E-state index in [1.54, 1.807) is 0 Å². The third kappa shape index (κ3) is 4.16. The Labute approximate surface area is 143 Å². The first-order chi connectivity index (χ1) is 11.5. The molecule has 0 bridgehead atoms. The van der Waals surface area contributed by atoms with E-state index in [1.807, 2.05) is 19.1 Å². The van der Waals surface area contributed by atoms with Crippen LogP contribution in [0.2, 0.25) is 0 Å². The number of H-pyrrole nitrogens is 1. The zero-order chi connectivity index (χ0) is 17.1. The van der Waals surface area contributed by atoms with E-state index < -0.39 is 0 Å². The van der Waals surface area contributed by atoms with Gasteiger partial charge in [-0.05, 0) is 30.5 Å². The van der Waals surface area contributed by atoms with Crippen LogP contribution < -0.4 is 5.32 Å². The van der Waals surface area contributed by atoms with Crippen LogP contribution in [0.4, 0.5) is 0 Å². The number of aromatic nitrogens is 1. The van der Waals surface area contributed by atoms with E-state index in [9.17, 15) is 4.79 Å². The lowest BCUT2D eigenvalue weighted by atomic mass is 10.2. The number of nitrogens with zero attached hydrogens (tertiary/aromatic N) is 1. The second-order valence-electron chi connectivity index (χ2n) is 7.13. The molecule has 0 saturated carbocycles. The Morgan fingerprint density at radius 2 is 2.25 bits per heavy atom. The minimum atomic E-state index is -0.0755. The van der Waals surface area contributed by atoms with E-state index in [4.69, 9.17) is 4.74 Å². The molecule has 1 aliphatic heterocycles. The summed E-state index contributed by atoms with van der Waals surface area (Å²) in [5.74, 6) is 0.571. The Morgan fingerprint density at radius 3 is 3.04 bits per heavy atom. The number of benzene rings is 1. The highest BCUT2D eigenvalue weighted by Crippen LogP contribution is 2.17. The maximum absolute atomic E-state index is 12.4. The van der Waals surface area contributed by atoms with Crippen LogP contribution in [0.1, 0.15) is 29.9 Å². The van der Waals surface area contributed by atoms with Gasteiger partial charge < -0.3 is 15.0 Å². The largest absolute Gasteiger partial charge is 0.374 e. The van der Waals surface area contributed by atoms with Crippen LogP contribution in [0, 0.1) is 12.8 Å². The van der Waals surface area contributed by atoms with Crippen LogP contribution in [0.3, 0.4) is 0 Å². The number of nitrogens with one attached hydrogen (secondary N) is 2. The molecule has 5 nitrogen and oxygen atoms in total. The first-order valence-corrected chi connectivity index (χ1v) is 8.73. The third-order valence-electron chi connectivity index (χ3n) is 4.36. The summed E-state index contributed by atoms with van der Waals surface area (Å²) >= 11 is 0. The third-order valence-corrected chi connectivity index (χ3v) is 4.36. The Balaban J connectivity index is 1.56. The van der Waals surface area contributed by atoms with Crippen LogP contribution in [0.25, 0.3) is 10.9 Å². The highest BCUT2D eigenvalue weighted by atomic mass is 16.5. The first kappa shape index (κ1) is 17.0. The van der Waals surface area contributed by atoms with Gasteiger partial charge in [0.05, 0.1) is 12.7 Å². The smallest absolute Gasteiger partial charge is 0.267 e. The molecule has 0 spiro atoms. The second kappa shape index (κ2) is 7.36. The Hall–Kier alpha value is -1.85. The number of ether oxygens (including phenoxy) is 1. The molecule has 0 radical (unpaired) electrons. The lowest BCUT2D eigenvalue weighted by Gasteiger charge is -2.33. The summed E-state index contributed by atoms with van der Waals surface area (Å²) < 4.78 is 5.78. The van der Waals surface area contributed by atoms with E-state index >= 15 is 0 Å². The van der Waals surface area contributed by atoms with Crippen molar-refractivity contribution in [1.82, 2.24) is 15.2 Å². The standard InChI is InChI=1S/C19H27N3O2/c1-13(2)11-22-6-7-24-16(12-22)10-20-19(23)18-9-15-5-4-14(3)8-17(15)21-18/h4-5,8-9,13,16,21H,6-7,10-12H2,1-3H3,(H,20,23). The molecule has 1 atom stereocenters. The van der Waals surface area contributed by atoms with Crippen molar-refractivity contribution < 1.29 is 9.53 Å². The number of aryl methyl sites for hydroxylation is 1. The highest BCUT2D eigenvalue weighted by Gasteiger charge is 2.21. The van der Waals surface area contributed by atoms with Crippen molar-refractivity contribution >= 4 is 16.8 Å². The summed E-state index contributed by atoms with van der Waals surface area (Å²) in [6, 6.07) is 8.04. The van der Waals surface area contributed by atoms with E-state index in [2.05, 4.69) is 41.2 Å². The maximum Gasteiger partial charge on any atom is 0.267 e. The SMILES string of the molecule is Cc1ccc2cc(C(=O)NCC3CN(CC(C)C)CCO3)[nH]c2c1. The minimum absolute atomic E-state index is 0.0630. The average molecular weight is 329 g/mol. The van der Waals surface area contributed by atoms with Gasteiger partial charge in [0.2, 0.25) is 0 Å². The zero-order valence-electron chi connectivity index (χ0n) is 14.8. The number of morpholine rings is 1. The van der Waals surface area contributed by atoms with E-state index in [0.29, 0.717) is 18.2 Å². The zero-order valence-corrected chi connectivity index (χ0v) is 14.8. The molecule has 2 aromatic rings. The topological polar surface area (TPSA) is 57.4 Å². The molecule has 1 aromatic heterocycles. The van der Waals surface area contributed by atoms with Crippen molar-refractivity contribution in [1.29, 1.82) is 0 Å². The summed E-state index contributed by atoms with van der Waals surface area (Å²) in [6.07, 6.45) is 0.0630. The first-order valence-electron chi connectivity index (χ1n) is 8.73. The lowest BCUT2D eigenvalue weighted by Crippen LogP contribution is -2.48. The predicted octanol–water partition coefficient (Wildman–Crippen LogP) is 2.56. The monoisotopic (exact) mass is 329 g/mol. The van der Waals surface area contributed by atoms with Gasteiger partial charge in [0, 0.05) is 37.1 Å². The van der Waals surface area contributed by atoms with Crippen molar-refractivity contribution in [2.75, 3.05) is 32.8 Å². The molecule has 1 aromatic carbocycles. The molecule has 2 heterocycles. The van der Waals surface area contributed by atoms with Crippen molar-refractivity contribution in [3.8, 4) is 0 Å². The van der Waals surface area contributed by atoms with Crippen molar-refractivity contribution in [3.05, 3.63) is 35.5 Å². The van der Waals surface area contributed by atoms with E-state index in [1.165, 1.54) is 5.56 Å². The van der Waals surface area contributed by atoms with Crippen LogP contribution in [-0.4, -0.2) is 54.7 Å². The average Bonchev–Trinajstić information content (AvgIpc) is 2.95. The number of rotatable bonds is 5. The number of aromatic amines is 1. The van der Waals surface area contributed by atoms with Gasteiger partial charge in [-0.2, -0.15) is 0 Å². The van der Waals surface area contributed by atoms with Gasteiger partial charge in [0.1, 0.15) is 5.69 Å². The molecule has 1 fully saturated rings. The van der Waals surface area contributed by atoms with Gasteiger partial charge in [-0.25, -0.2) is 0 Å². The number of hydrogen-bond acceptors (Lipinski definition) is 3. The summed E-state index contributed by atoms with van der Waals surface area (Å²) in [5, 5.41) is 4.05.